The fraction of sp³-hybridized carbons (Fsp3) is 0.273. The van der Waals surface area contributed by atoms with Crippen LogP contribution in [-0.2, 0) is 9.53 Å². The van der Waals surface area contributed by atoms with Crippen LogP contribution >= 0.6 is 22.6 Å². The number of carbonyl (C=O) groups is 2. The van der Waals surface area contributed by atoms with Crippen molar-refractivity contribution in [3.63, 3.8) is 0 Å². The highest BCUT2D eigenvalue weighted by Crippen LogP contribution is 2.24. The van der Waals surface area contributed by atoms with Crippen LogP contribution < -0.4 is 5.32 Å². The number of rotatable bonds is 4. The maximum Gasteiger partial charge on any atom is 0.408 e. The van der Waals surface area contributed by atoms with Crippen molar-refractivity contribution >= 4 is 34.5 Å². The molecule has 0 aromatic heterocycles. The largest absolute Gasteiger partial charge is 0.431 e. The van der Waals surface area contributed by atoms with E-state index in [9.17, 15) is 9.59 Å². The molecule has 0 spiro atoms. The minimum atomic E-state index is -0.585. The Hall–Kier alpha value is -1.11. The van der Waals surface area contributed by atoms with Gasteiger partial charge in [0.25, 0.3) is 0 Å². The number of hydrogen-bond acceptors (Lipinski definition) is 3. The molecule has 0 fully saturated rings. The van der Waals surface area contributed by atoms with Crippen LogP contribution in [0.3, 0.4) is 0 Å². The number of amides is 1. The van der Waals surface area contributed by atoms with E-state index < -0.39 is 6.09 Å². The summed E-state index contributed by atoms with van der Waals surface area (Å²) in [6.07, 6.45) is -0.585. The van der Waals surface area contributed by atoms with Crippen LogP contribution in [0.2, 0.25) is 0 Å². The summed E-state index contributed by atoms with van der Waals surface area (Å²) in [5, 5.41) is 2.37. The minimum Gasteiger partial charge on any atom is -0.431 e. The fourth-order valence-corrected chi connectivity index (χ4v) is 1.65. The molecular formula is C11H12INO3. The SMILES string of the molecule is CC(=O)CNC(=O)OC(I)c1ccccc1. The van der Waals surface area contributed by atoms with Gasteiger partial charge in [-0.3, -0.25) is 4.79 Å². The third-order valence-corrected chi connectivity index (χ3v) is 2.73. The molecule has 1 unspecified atom stereocenters. The molecule has 1 atom stereocenters. The van der Waals surface area contributed by atoms with E-state index in [1.165, 1.54) is 6.92 Å². The van der Waals surface area contributed by atoms with E-state index in [1.54, 1.807) is 0 Å². The lowest BCUT2D eigenvalue weighted by molar-refractivity contribution is -0.116. The second-order valence-electron chi connectivity index (χ2n) is 3.19. The van der Waals surface area contributed by atoms with E-state index in [-0.39, 0.29) is 16.4 Å². The summed E-state index contributed by atoms with van der Waals surface area (Å²) >= 11 is 2.01. The summed E-state index contributed by atoms with van der Waals surface area (Å²) in [7, 11) is 0. The fourth-order valence-electron chi connectivity index (χ4n) is 1.00. The third-order valence-electron chi connectivity index (χ3n) is 1.75. The molecule has 0 bridgehead atoms. The molecule has 1 rings (SSSR count). The van der Waals surface area contributed by atoms with E-state index in [2.05, 4.69) is 5.32 Å². The summed E-state index contributed by atoms with van der Waals surface area (Å²) < 4.78 is 4.72. The third kappa shape index (κ3) is 4.61. The van der Waals surface area contributed by atoms with Crippen molar-refractivity contribution in [3.05, 3.63) is 35.9 Å². The number of carbonyl (C=O) groups excluding carboxylic acids is 2. The van der Waals surface area contributed by atoms with Gasteiger partial charge >= 0.3 is 6.09 Å². The van der Waals surface area contributed by atoms with Gasteiger partial charge in [-0.1, -0.05) is 30.3 Å². The van der Waals surface area contributed by atoms with E-state index in [1.807, 2.05) is 52.9 Å². The zero-order chi connectivity index (χ0) is 12.0. The average molecular weight is 333 g/mol. The second kappa shape index (κ2) is 6.47. The highest BCUT2D eigenvalue weighted by atomic mass is 127. The lowest BCUT2D eigenvalue weighted by Crippen LogP contribution is -2.29. The van der Waals surface area contributed by atoms with E-state index in [0.29, 0.717) is 0 Å². The van der Waals surface area contributed by atoms with Gasteiger partial charge in [0.1, 0.15) is 5.78 Å². The Morgan fingerprint density at radius 2 is 2.00 bits per heavy atom. The first kappa shape index (κ1) is 13.0. The highest BCUT2D eigenvalue weighted by Gasteiger charge is 2.12. The number of benzene rings is 1. The van der Waals surface area contributed by atoms with Gasteiger partial charge in [-0.15, -0.1) is 0 Å². The Kier molecular flexibility index (Phi) is 5.24. The standard InChI is InChI=1S/C11H12INO3/c1-8(14)7-13-11(15)16-10(12)9-5-3-2-4-6-9/h2-6,10H,7H2,1H3,(H,13,15). The molecular weight excluding hydrogens is 321 g/mol. The van der Waals surface area contributed by atoms with Crippen molar-refractivity contribution in [2.45, 2.75) is 11.0 Å². The van der Waals surface area contributed by atoms with Crippen molar-refractivity contribution in [1.82, 2.24) is 5.32 Å². The molecule has 16 heavy (non-hydrogen) atoms. The molecule has 4 nitrogen and oxygen atoms in total. The molecule has 0 aliphatic heterocycles. The van der Waals surface area contributed by atoms with E-state index in [4.69, 9.17) is 4.74 Å². The van der Waals surface area contributed by atoms with Gasteiger partial charge in [0.15, 0.2) is 4.11 Å². The zero-order valence-electron chi connectivity index (χ0n) is 8.77. The van der Waals surface area contributed by atoms with Crippen LogP contribution in [0.1, 0.15) is 16.6 Å². The minimum absolute atomic E-state index is 0.00299. The Morgan fingerprint density at radius 3 is 2.56 bits per heavy atom. The molecule has 1 aromatic carbocycles. The van der Waals surface area contributed by atoms with Gasteiger partial charge in [-0.25, -0.2) is 4.79 Å². The van der Waals surface area contributed by atoms with Crippen LogP contribution in [0.5, 0.6) is 0 Å². The summed E-state index contributed by atoms with van der Waals surface area (Å²) in [5.74, 6) is -0.110. The van der Waals surface area contributed by atoms with Gasteiger partial charge in [0.05, 0.1) is 6.54 Å². The lowest BCUT2D eigenvalue weighted by atomic mass is 10.2. The lowest BCUT2D eigenvalue weighted by Gasteiger charge is -2.12. The van der Waals surface area contributed by atoms with Gasteiger partial charge in [-0.05, 0) is 29.5 Å². The number of nitrogens with one attached hydrogen (secondary N) is 1. The second-order valence-corrected chi connectivity index (χ2v) is 4.32. The first-order valence-electron chi connectivity index (χ1n) is 4.72. The van der Waals surface area contributed by atoms with Crippen LogP contribution in [0, 0.1) is 0 Å². The topological polar surface area (TPSA) is 55.4 Å². The van der Waals surface area contributed by atoms with Crippen LogP contribution in [-0.4, -0.2) is 18.4 Å². The predicted molar refractivity (Wildman–Crippen MR) is 68.4 cm³/mol. The Labute approximate surface area is 108 Å². The summed E-state index contributed by atoms with van der Waals surface area (Å²) in [4.78, 5) is 21.9. The number of alkyl carbamates (subject to hydrolysis) is 1. The van der Waals surface area contributed by atoms with Crippen LogP contribution in [0.25, 0.3) is 0 Å². The first-order chi connectivity index (χ1) is 7.59. The van der Waals surface area contributed by atoms with Gasteiger partial charge in [0, 0.05) is 5.56 Å². The molecule has 0 saturated carbocycles. The Morgan fingerprint density at radius 1 is 1.38 bits per heavy atom. The maximum atomic E-state index is 11.2. The van der Waals surface area contributed by atoms with Crippen molar-refractivity contribution in [1.29, 1.82) is 0 Å². The Bertz CT molecular complexity index is 367. The number of Topliss-reactive ketones (excluding diaryl/α,β-unsaturated/α-hetero) is 1. The normalized spacial score (nSPS) is 11.6. The summed E-state index contributed by atoms with van der Waals surface area (Å²) in [6.45, 7) is 1.40. The number of ketones is 1. The molecule has 1 N–H and O–H groups in total. The van der Waals surface area contributed by atoms with Crippen molar-refractivity contribution in [2.75, 3.05) is 6.54 Å². The average Bonchev–Trinajstić information content (AvgIpc) is 2.27. The van der Waals surface area contributed by atoms with Gasteiger partial charge < -0.3 is 10.1 Å². The molecule has 0 aliphatic rings. The number of hydrogen-bond donors (Lipinski definition) is 1. The summed E-state index contributed by atoms with van der Waals surface area (Å²) in [5.41, 5.74) is 0.904. The van der Waals surface area contributed by atoms with E-state index >= 15 is 0 Å². The predicted octanol–water partition coefficient (Wildman–Crippen LogP) is 2.44. The summed E-state index contributed by atoms with van der Waals surface area (Å²) in [6, 6.07) is 9.38. The number of alkyl halides is 1. The quantitative estimate of drug-likeness (QED) is 0.680. The zero-order valence-corrected chi connectivity index (χ0v) is 10.9. The molecule has 0 saturated heterocycles. The van der Waals surface area contributed by atoms with Crippen molar-refractivity contribution in [3.8, 4) is 0 Å². The highest BCUT2D eigenvalue weighted by molar-refractivity contribution is 14.1. The van der Waals surface area contributed by atoms with Crippen molar-refractivity contribution in [2.24, 2.45) is 0 Å². The molecule has 0 heterocycles. The molecule has 0 aliphatic carbocycles. The monoisotopic (exact) mass is 333 g/mol. The first-order valence-corrected chi connectivity index (χ1v) is 5.97. The molecule has 5 heteroatoms. The van der Waals surface area contributed by atoms with Crippen molar-refractivity contribution < 1.29 is 14.3 Å². The van der Waals surface area contributed by atoms with Gasteiger partial charge in [0.2, 0.25) is 0 Å². The van der Waals surface area contributed by atoms with Gasteiger partial charge in [-0.2, -0.15) is 0 Å². The van der Waals surface area contributed by atoms with Crippen LogP contribution in [0.15, 0.2) is 30.3 Å². The molecule has 86 valence electrons. The maximum absolute atomic E-state index is 11.2. The number of halogens is 1. The van der Waals surface area contributed by atoms with Crippen LogP contribution in [0.4, 0.5) is 4.79 Å². The Balaban J connectivity index is 2.43. The molecule has 0 radical (unpaired) electrons. The van der Waals surface area contributed by atoms with E-state index in [0.717, 1.165) is 5.56 Å². The number of ether oxygens (including phenoxy) is 1. The smallest absolute Gasteiger partial charge is 0.408 e. The molecule has 1 amide bonds. The molecule has 1 aromatic rings.